The van der Waals surface area contributed by atoms with Gasteiger partial charge in [0, 0.05) is 18.4 Å². The summed E-state index contributed by atoms with van der Waals surface area (Å²) in [6.45, 7) is 8.53. The summed E-state index contributed by atoms with van der Waals surface area (Å²) in [4.78, 5) is 29.7. The normalized spacial score (nSPS) is 11.0. The number of hydrogen-bond donors (Lipinski definition) is 2. The Morgan fingerprint density at radius 2 is 1.89 bits per heavy atom. The molecular formula is C21H24N4O2. The van der Waals surface area contributed by atoms with Crippen LogP contribution in [0.5, 0.6) is 0 Å². The van der Waals surface area contributed by atoms with Gasteiger partial charge in [-0.3, -0.25) is 14.0 Å². The molecule has 6 nitrogen and oxygen atoms in total. The van der Waals surface area contributed by atoms with Crippen LogP contribution in [0.25, 0.3) is 5.52 Å². The van der Waals surface area contributed by atoms with Gasteiger partial charge >= 0.3 is 0 Å². The third kappa shape index (κ3) is 4.00. The van der Waals surface area contributed by atoms with Crippen molar-refractivity contribution in [3.05, 3.63) is 65.2 Å². The molecule has 0 aliphatic carbocycles. The van der Waals surface area contributed by atoms with Crippen LogP contribution in [0.15, 0.2) is 42.6 Å². The molecule has 0 aliphatic heterocycles. The quantitative estimate of drug-likeness (QED) is 0.726. The van der Waals surface area contributed by atoms with Gasteiger partial charge in [-0.1, -0.05) is 37.6 Å². The minimum Gasteiger partial charge on any atom is -0.349 e. The van der Waals surface area contributed by atoms with Gasteiger partial charge in [-0.25, -0.2) is 4.98 Å². The second kappa shape index (κ2) is 7.61. The second-order valence-corrected chi connectivity index (χ2v) is 7.12. The first-order valence-electron chi connectivity index (χ1n) is 9.00. The molecular weight excluding hydrogens is 340 g/mol. The fraction of sp³-hybridized carbons (Fsp3) is 0.286. The van der Waals surface area contributed by atoms with Crippen molar-refractivity contribution in [1.82, 2.24) is 14.7 Å². The molecule has 2 amide bonds. The number of imidazole rings is 1. The van der Waals surface area contributed by atoms with E-state index in [0.717, 1.165) is 16.8 Å². The summed E-state index contributed by atoms with van der Waals surface area (Å²) in [5, 5.41) is 5.76. The van der Waals surface area contributed by atoms with Crippen LogP contribution in [0.3, 0.4) is 0 Å². The maximum atomic E-state index is 12.8. The van der Waals surface area contributed by atoms with Crippen molar-refractivity contribution in [3.8, 4) is 0 Å². The second-order valence-electron chi connectivity index (χ2n) is 7.12. The predicted molar refractivity (Wildman–Crippen MR) is 106 cm³/mol. The molecule has 0 unspecified atom stereocenters. The molecule has 6 heteroatoms. The average Bonchev–Trinajstić information content (AvgIpc) is 3.02. The lowest BCUT2D eigenvalue weighted by atomic mass is 10.1. The lowest BCUT2D eigenvalue weighted by Crippen LogP contribution is -2.29. The van der Waals surface area contributed by atoms with E-state index in [0.29, 0.717) is 18.0 Å². The lowest BCUT2D eigenvalue weighted by molar-refractivity contribution is 0.0938. The van der Waals surface area contributed by atoms with Crippen molar-refractivity contribution < 1.29 is 9.59 Å². The largest absolute Gasteiger partial charge is 0.349 e. The highest BCUT2D eigenvalue weighted by Gasteiger charge is 2.21. The summed E-state index contributed by atoms with van der Waals surface area (Å²) in [6, 6.07) is 11.2. The number of carbonyl (C=O) groups is 2. The molecule has 0 radical (unpaired) electrons. The number of pyridine rings is 1. The van der Waals surface area contributed by atoms with Crippen molar-refractivity contribution in [2.75, 3.05) is 11.9 Å². The van der Waals surface area contributed by atoms with Gasteiger partial charge in [0.25, 0.3) is 11.8 Å². The molecule has 0 bridgehead atoms. The van der Waals surface area contributed by atoms with Gasteiger partial charge in [0.1, 0.15) is 0 Å². The van der Waals surface area contributed by atoms with Gasteiger partial charge in [0.2, 0.25) is 5.82 Å². The molecule has 3 aromatic rings. The van der Waals surface area contributed by atoms with Crippen LogP contribution < -0.4 is 10.6 Å². The molecule has 2 heterocycles. The molecule has 3 rings (SSSR count). The Morgan fingerprint density at radius 3 is 2.59 bits per heavy atom. The lowest BCUT2D eigenvalue weighted by Gasteiger charge is -2.08. The molecule has 0 saturated carbocycles. The Hall–Kier alpha value is -3.15. The van der Waals surface area contributed by atoms with Gasteiger partial charge in [-0.15, -0.1) is 0 Å². The van der Waals surface area contributed by atoms with E-state index in [1.54, 1.807) is 22.7 Å². The monoisotopic (exact) mass is 364 g/mol. The van der Waals surface area contributed by atoms with Crippen LogP contribution in [0.2, 0.25) is 0 Å². The number of nitrogens with zero attached hydrogens (tertiary/aromatic N) is 2. The maximum Gasteiger partial charge on any atom is 0.287 e. The average molecular weight is 364 g/mol. The number of rotatable bonds is 5. The van der Waals surface area contributed by atoms with Gasteiger partial charge < -0.3 is 10.6 Å². The Kier molecular flexibility index (Phi) is 5.26. The van der Waals surface area contributed by atoms with E-state index in [9.17, 15) is 9.59 Å². The number of amides is 2. The molecule has 2 aromatic heterocycles. The van der Waals surface area contributed by atoms with E-state index in [4.69, 9.17) is 0 Å². The number of nitrogens with one attached hydrogen (secondary N) is 2. The zero-order valence-electron chi connectivity index (χ0n) is 16.0. The smallest absolute Gasteiger partial charge is 0.287 e. The number of carbonyl (C=O) groups excluding carboxylic acids is 2. The topological polar surface area (TPSA) is 75.5 Å². The van der Waals surface area contributed by atoms with Crippen LogP contribution >= 0.6 is 0 Å². The number of aryl methyl sites for hydroxylation is 2. The van der Waals surface area contributed by atoms with E-state index in [1.165, 1.54) is 0 Å². The van der Waals surface area contributed by atoms with Gasteiger partial charge in [-0.2, -0.15) is 0 Å². The number of benzene rings is 1. The third-order valence-electron chi connectivity index (χ3n) is 4.27. The number of anilines is 1. The summed E-state index contributed by atoms with van der Waals surface area (Å²) >= 11 is 0. The molecule has 140 valence electrons. The van der Waals surface area contributed by atoms with Crippen LogP contribution in [-0.2, 0) is 0 Å². The SMILES string of the molecule is Cc1ccc(NC(=O)c2nc(C(=O)NCC(C)C)n3ccccc23)c(C)c1. The van der Waals surface area contributed by atoms with E-state index in [2.05, 4.69) is 15.6 Å². The zero-order chi connectivity index (χ0) is 19.6. The number of fused-ring (bicyclic) bond motifs is 1. The van der Waals surface area contributed by atoms with Crippen molar-refractivity contribution in [3.63, 3.8) is 0 Å². The van der Waals surface area contributed by atoms with E-state index in [-0.39, 0.29) is 23.3 Å². The molecule has 0 atom stereocenters. The van der Waals surface area contributed by atoms with Gasteiger partial charge in [-0.05, 0) is 43.5 Å². The minimum atomic E-state index is -0.339. The van der Waals surface area contributed by atoms with E-state index >= 15 is 0 Å². The molecule has 27 heavy (non-hydrogen) atoms. The van der Waals surface area contributed by atoms with E-state index in [1.807, 2.05) is 52.0 Å². The highest BCUT2D eigenvalue weighted by Crippen LogP contribution is 2.19. The maximum absolute atomic E-state index is 12.8. The highest BCUT2D eigenvalue weighted by molar-refractivity contribution is 6.09. The minimum absolute atomic E-state index is 0.206. The Morgan fingerprint density at radius 1 is 1.11 bits per heavy atom. The molecule has 0 spiro atoms. The zero-order valence-corrected chi connectivity index (χ0v) is 16.0. The first-order valence-corrected chi connectivity index (χ1v) is 9.00. The predicted octanol–water partition coefficient (Wildman–Crippen LogP) is 3.59. The fourth-order valence-electron chi connectivity index (χ4n) is 2.88. The molecule has 0 fully saturated rings. The fourth-order valence-corrected chi connectivity index (χ4v) is 2.88. The highest BCUT2D eigenvalue weighted by atomic mass is 16.2. The number of hydrogen-bond acceptors (Lipinski definition) is 3. The molecule has 2 N–H and O–H groups in total. The van der Waals surface area contributed by atoms with Crippen LogP contribution in [0, 0.1) is 19.8 Å². The Labute approximate surface area is 158 Å². The van der Waals surface area contributed by atoms with Gasteiger partial charge in [0.05, 0.1) is 5.52 Å². The van der Waals surface area contributed by atoms with Crippen molar-refractivity contribution in [2.45, 2.75) is 27.7 Å². The van der Waals surface area contributed by atoms with Crippen LogP contribution in [-0.4, -0.2) is 27.7 Å². The van der Waals surface area contributed by atoms with Gasteiger partial charge in [0.15, 0.2) is 5.69 Å². The first kappa shape index (κ1) is 18.6. The molecule has 1 aromatic carbocycles. The van der Waals surface area contributed by atoms with Crippen LogP contribution in [0.4, 0.5) is 5.69 Å². The summed E-state index contributed by atoms with van der Waals surface area (Å²) in [5.41, 5.74) is 3.65. The molecule has 0 aliphatic rings. The van der Waals surface area contributed by atoms with Crippen LogP contribution in [0.1, 0.15) is 46.1 Å². The van der Waals surface area contributed by atoms with E-state index < -0.39 is 0 Å². The third-order valence-corrected chi connectivity index (χ3v) is 4.27. The molecule has 0 saturated heterocycles. The summed E-state index contributed by atoms with van der Waals surface area (Å²) in [7, 11) is 0. The van der Waals surface area contributed by atoms with Crippen molar-refractivity contribution in [1.29, 1.82) is 0 Å². The Bertz CT molecular complexity index is 1000. The standard InChI is InChI=1S/C21H24N4O2/c1-13(2)12-22-21(27)19-24-18(17-7-5-6-10-25(17)19)20(26)23-16-9-8-14(3)11-15(16)4/h5-11,13H,12H2,1-4H3,(H,22,27)(H,23,26). The van der Waals surface area contributed by atoms with Crippen molar-refractivity contribution >= 4 is 23.0 Å². The summed E-state index contributed by atoms with van der Waals surface area (Å²) in [5.74, 6) is -0.103. The number of aromatic nitrogens is 2. The first-order chi connectivity index (χ1) is 12.9. The Balaban J connectivity index is 1.94. The summed E-state index contributed by atoms with van der Waals surface area (Å²) < 4.78 is 1.65. The van der Waals surface area contributed by atoms with Crippen molar-refractivity contribution in [2.24, 2.45) is 5.92 Å². The summed E-state index contributed by atoms with van der Waals surface area (Å²) in [6.07, 6.45) is 1.74.